The third kappa shape index (κ3) is 3.93. The predicted molar refractivity (Wildman–Crippen MR) is 71.7 cm³/mol. The molecule has 1 unspecified atom stereocenters. The van der Waals surface area contributed by atoms with Crippen molar-refractivity contribution in [1.29, 1.82) is 0 Å². The van der Waals surface area contributed by atoms with E-state index < -0.39 is 21.3 Å². The van der Waals surface area contributed by atoms with Gasteiger partial charge in [0.1, 0.15) is 17.9 Å². The van der Waals surface area contributed by atoms with Crippen molar-refractivity contribution < 1.29 is 17.9 Å². The van der Waals surface area contributed by atoms with Crippen LogP contribution in [-0.4, -0.2) is 39.8 Å². The topological polar surface area (TPSA) is 98.5 Å². The Morgan fingerprint density at radius 3 is 2.58 bits per heavy atom. The van der Waals surface area contributed by atoms with Crippen LogP contribution in [-0.2, 0) is 14.6 Å². The van der Waals surface area contributed by atoms with Crippen LogP contribution in [0.25, 0.3) is 0 Å². The first-order valence-electron chi connectivity index (χ1n) is 5.61. The molecule has 1 aromatic carbocycles. The Bertz CT molecular complexity index is 571. The second-order valence-corrected chi connectivity index (χ2v) is 6.50. The lowest BCUT2D eigenvalue weighted by molar-refractivity contribution is -0.124. The molecule has 0 saturated heterocycles. The molecule has 0 aliphatic carbocycles. The highest BCUT2D eigenvalue weighted by molar-refractivity contribution is 7.90. The van der Waals surface area contributed by atoms with Crippen LogP contribution in [0.1, 0.15) is 6.92 Å². The molecule has 1 rings (SSSR count). The molecule has 0 bridgehead atoms. The first-order chi connectivity index (χ1) is 8.69. The quantitative estimate of drug-likeness (QED) is 0.763. The van der Waals surface area contributed by atoms with E-state index in [1.165, 1.54) is 12.1 Å². The summed E-state index contributed by atoms with van der Waals surface area (Å²) in [7, 11) is -1.69. The molecule has 0 heterocycles. The summed E-state index contributed by atoms with van der Waals surface area (Å²) in [6, 6.07) is 6.08. The highest BCUT2D eigenvalue weighted by Crippen LogP contribution is 2.18. The fourth-order valence-electron chi connectivity index (χ4n) is 1.29. The van der Waals surface area contributed by atoms with Crippen molar-refractivity contribution in [2.24, 2.45) is 5.73 Å². The number of carbonyl (C=O) groups excluding carboxylic acids is 1. The Morgan fingerprint density at radius 1 is 1.47 bits per heavy atom. The van der Waals surface area contributed by atoms with Gasteiger partial charge < -0.3 is 15.8 Å². The van der Waals surface area contributed by atoms with Crippen molar-refractivity contribution in [3.63, 3.8) is 0 Å². The zero-order chi connectivity index (χ0) is 14.7. The summed E-state index contributed by atoms with van der Waals surface area (Å²) in [4.78, 5) is 11.4. The summed E-state index contributed by atoms with van der Waals surface area (Å²) in [5, 5.41) is 2.78. The molecule has 106 valence electrons. The molecule has 6 nitrogen and oxygen atoms in total. The number of nitrogens with one attached hydrogen (secondary N) is 1. The number of amides is 1. The Hall–Kier alpha value is -1.60. The van der Waals surface area contributed by atoms with Gasteiger partial charge in [0, 0.05) is 6.26 Å². The van der Waals surface area contributed by atoms with Crippen LogP contribution in [0.3, 0.4) is 0 Å². The number of rotatable bonds is 6. The molecular weight excluding hydrogens is 268 g/mol. The van der Waals surface area contributed by atoms with Crippen molar-refractivity contribution in [3.05, 3.63) is 24.3 Å². The molecule has 19 heavy (non-hydrogen) atoms. The first kappa shape index (κ1) is 15.5. The summed E-state index contributed by atoms with van der Waals surface area (Å²) < 4.78 is 28.2. The number of nitrogens with two attached hydrogens (primary N) is 1. The molecule has 1 amide bonds. The third-order valence-corrected chi connectivity index (χ3v) is 3.97. The average Bonchev–Trinajstić information content (AvgIpc) is 2.35. The van der Waals surface area contributed by atoms with Crippen LogP contribution >= 0.6 is 0 Å². The molecule has 0 fully saturated rings. The van der Waals surface area contributed by atoms with Gasteiger partial charge in [-0.15, -0.1) is 0 Å². The zero-order valence-electron chi connectivity index (χ0n) is 11.1. The van der Waals surface area contributed by atoms with Crippen molar-refractivity contribution in [1.82, 2.24) is 5.32 Å². The lowest BCUT2D eigenvalue weighted by Gasteiger charge is -2.25. The number of primary amides is 1. The molecule has 0 spiro atoms. The zero-order valence-corrected chi connectivity index (χ0v) is 12.0. The molecule has 0 aliphatic heterocycles. The van der Waals surface area contributed by atoms with Gasteiger partial charge in [-0.3, -0.25) is 4.79 Å². The smallest absolute Gasteiger partial charge is 0.240 e. The Balaban J connectivity index is 2.87. The van der Waals surface area contributed by atoms with E-state index in [0.717, 1.165) is 6.26 Å². The molecule has 3 N–H and O–H groups in total. The lowest BCUT2D eigenvalue weighted by Crippen LogP contribution is -2.55. The predicted octanol–water partition coefficient (Wildman–Crippen LogP) is -0.0677. The number of likely N-dealkylation sites (N-methyl/N-ethyl adjacent to an activating group) is 1. The minimum Gasteiger partial charge on any atom is -0.491 e. The van der Waals surface area contributed by atoms with Gasteiger partial charge >= 0.3 is 0 Å². The van der Waals surface area contributed by atoms with Crippen molar-refractivity contribution in [3.8, 4) is 5.75 Å². The van der Waals surface area contributed by atoms with Crippen molar-refractivity contribution in [2.75, 3.05) is 19.9 Å². The second-order valence-electron chi connectivity index (χ2n) is 4.48. The van der Waals surface area contributed by atoms with Crippen molar-refractivity contribution >= 4 is 15.7 Å². The Kier molecular flexibility index (Phi) is 4.54. The summed E-state index contributed by atoms with van der Waals surface area (Å²) in [6.07, 6.45) is 1.12. The van der Waals surface area contributed by atoms with E-state index >= 15 is 0 Å². The fraction of sp³-hybridized carbons (Fsp3) is 0.417. The molecule has 0 radical (unpaired) electrons. The number of sulfone groups is 1. The van der Waals surface area contributed by atoms with Crippen LogP contribution < -0.4 is 15.8 Å². The van der Waals surface area contributed by atoms with Crippen molar-refractivity contribution in [2.45, 2.75) is 17.4 Å². The Labute approximate surface area is 112 Å². The maximum Gasteiger partial charge on any atom is 0.240 e. The van der Waals surface area contributed by atoms with E-state index in [4.69, 9.17) is 10.5 Å². The number of carbonyl (C=O) groups is 1. The largest absolute Gasteiger partial charge is 0.491 e. The van der Waals surface area contributed by atoms with Gasteiger partial charge in [-0.2, -0.15) is 0 Å². The summed E-state index contributed by atoms with van der Waals surface area (Å²) >= 11 is 0. The summed E-state index contributed by atoms with van der Waals surface area (Å²) in [5.41, 5.74) is 4.25. The van der Waals surface area contributed by atoms with Gasteiger partial charge in [-0.1, -0.05) is 6.07 Å². The number of benzene rings is 1. The van der Waals surface area contributed by atoms with Crippen LogP contribution in [0.4, 0.5) is 0 Å². The Morgan fingerprint density at radius 2 is 2.11 bits per heavy atom. The normalized spacial score (nSPS) is 14.7. The monoisotopic (exact) mass is 286 g/mol. The molecule has 0 aliphatic rings. The van der Waals surface area contributed by atoms with Crippen LogP contribution in [0.15, 0.2) is 29.2 Å². The van der Waals surface area contributed by atoms with Gasteiger partial charge in [0.05, 0.1) is 4.90 Å². The summed E-state index contributed by atoms with van der Waals surface area (Å²) in [6.45, 7) is 1.61. The van der Waals surface area contributed by atoms with Gasteiger partial charge in [-0.25, -0.2) is 8.42 Å². The van der Waals surface area contributed by atoms with Gasteiger partial charge in [0.25, 0.3) is 0 Å². The minimum absolute atomic E-state index is 0.00600. The maximum absolute atomic E-state index is 11.4. The van der Waals surface area contributed by atoms with E-state index in [9.17, 15) is 13.2 Å². The van der Waals surface area contributed by atoms with Crippen LogP contribution in [0, 0.1) is 0 Å². The lowest BCUT2D eigenvalue weighted by atomic mass is 10.0. The SMILES string of the molecule is CNC(C)(COc1cccc(S(C)(=O)=O)c1)C(N)=O. The third-order valence-electron chi connectivity index (χ3n) is 2.86. The molecule has 7 heteroatoms. The maximum atomic E-state index is 11.4. The van der Waals surface area contributed by atoms with E-state index in [0.29, 0.717) is 5.75 Å². The number of hydrogen-bond donors (Lipinski definition) is 2. The van der Waals surface area contributed by atoms with E-state index in [1.807, 2.05) is 0 Å². The molecule has 0 aromatic heterocycles. The highest BCUT2D eigenvalue weighted by Gasteiger charge is 2.30. The van der Waals surface area contributed by atoms with Gasteiger partial charge in [-0.05, 0) is 32.2 Å². The molecular formula is C12H18N2O4S. The van der Waals surface area contributed by atoms with Crippen LogP contribution in [0.2, 0.25) is 0 Å². The fourth-order valence-corrected chi connectivity index (χ4v) is 1.94. The van der Waals surface area contributed by atoms with E-state index in [-0.39, 0.29) is 11.5 Å². The van der Waals surface area contributed by atoms with Crippen LogP contribution in [0.5, 0.6) is 5.75 Å². The minimum atomic E-state index is -3.29. The van der Waals surface area contributed by atoms with Gasteiger partial charge in [0.2, 0.25) is 5.91 Å². The first-order valence-corrected chi connectivity index (χ1v) is 7.50. The molecule has 1 atom stereocenters. The average molecular weight is 286 g/mol. The summed E-state index contributed by atoms with van der Waals surface area (Å²) in [5.74, 6) is -0.181. The second kappa shape index (κ2) is 5.58. The molecule has 1 aromatic rings. The highest BCUT2D eigenvalue weighted by atomic mass is 32.2. The number of ether oxygens (including phenoxy) is 1. The van der Waals surface area contributed by atoms with Gasteiger partial charge in [0.15, 0.2) is 9.84 Å². The van der Waals surface area contributed by atoms with E-state index in [2.05, 4.69) is 5.32 Å². The van der Waals surface area contributed by atoms with E-state index in [1.54, 1.807) is 26.1 Å². The standard InChI is InChI=1S/C12H18N2O4S/c1-12(14-2,11(13)15)8-18-9-5-4-6-10(7-9)19(3,16)17/h4-7,14H,8H2,1-3H3,(H2,13,15). The molecule has 0 saturated carbocycles. The number of hydrogen-bond acceptors (Lipinski definition) is 5.